The molecule has 5 nitrogen and oxygen atoms in total. The van der Waals surface area contributed by atoms with Crippen molar-refractivity contribution < 1.29 is 9.53 Å². The molecule has 0 aromatic heterocycles. The number of anilines is 3. The second-order valence-corrected chi connectivity index (χ2v) is 6.38. The Labute approximate surface area is 165 Å². The molecule has 2 amide bonds. The van der Waals surface area contributed by atoms with Crippen molar-refractivity contribution in [2.45, 2.75) is 19.8 Å². The third-order valence-electron chi connectivity index (χ3n) is 4.14. The fourth-order valence-corrected chi connectivity index (χ4v) is 2.73. The van der Waals surface area contributed by atoms with Crippen LogP contribution in [0.5, 0.6) is 5.75 Å². The van der Waals surface area contributed by atoms with E-state index in [0.717, 1.165) is 30.0 Å². The van der Waals surface area contributed by atoms with E-state index in [-0.39, 0.29) is 12.8 Å². The highest BCUT2D eigenvalue weighted by atomic mass is 16.5. The van der Waals surface area contributed by atoms with Crippen molar-refractivity contribution in [1.82, 2.24) is 5.32 Å². The molecule has 0 heterocycles. The number of hydrogen-bond acceptors (Lipinski definition) is 3. The predicted octanol–water partition coefficient (Wildman–Crippen LogP) is 5.54. The number of ether oxygens (including phenoxy) is 1. The van der Waals surface area contributed by atoms with Gasteiger partial charge in [0.05, 0.1) is 0 Å². The largest absolute Gasteiger partial charge is 0.473 e. The Bertz CT molecular complexity index is 863. The Morgan fingerprint density at radius 1 is 0.821 bits per heavy atom. The van der Waals surface area contributed by atoms with Crippen LogP contribution in [0.4, 0.5) is 21.9 Å². The summed E-state index contributed by atoms with van der Waals surface area (Å²) in [7, 11) is 0. The van der Waals surface area contributed by atoms with Gasteiger partial charge in [0.25, 0.3) is 0 Å². The van der Waals surface area contributed by atoms with Crippen LogP contribution >= 0.6 is 0 Å². The van der Waals surface area contributed by atoms with Crippen molar-refractivity contribution in [3.8, 4) is 5.75 Å². The van der Waals surface area contributed by atoms with Crippen LogP contribution in [0.1, 0.15) is 18.9 Å². The van der Waals surface area contributed by atoms with Gasteiger partial charge >= 0.3 is 6.03 Å². The van der Waals surface area contributed by atoms with Gasteiger partial charge in [0.1, 0.15) is 5.75 Å². The van der Waals surface area contributed by atoms with E-state index in [9.17, 15) is 4.79 Å². The number of carbonyl (C=O) groups is 1. The van der Waals surface area contributed by atoms with Crippen molar-refractivity contribution in [3.05, 3.63) is 84.4 Å². The molecule has 0 saturated heterocycles. The number of urea groups is 1. The Morgan fingerprint density at radius 2 is 1.46 bits per heavy atom. The first-order valence-corrected chi connectivity index (χ1v) is 9.41. The maximum Gasteiger partial charge on any atom is 0.321 e. The Balaban J connectivity index is 1.41. The lowest BCUT2D eigenvalue weighted by Crippen LogP contribution is -2.31. The lowest BCUT2D eigenvalue weighted by Gasteiger charge is -2.11. The van der Waals surface area contributed by atoms with E-state index in [4.69, 9.17) is 4.74 Å². The van der Waals surface area contributed by atoms with E-state index < -0.39 is 0 Å². The van der Waals surface area contributed by atoms with Crippen LogP contribution in [-0.2, 0) is 6.42 Å². The first-order valence-electron chi connectivity index (χ1n) is 9.41. The second kappa shape index (κ2) is 10.0. The van der Waals surface area contributed by atoms with Crippen molar-refractivity contribution in [1.29, 1.82) is 0 Å². The van der Waals surface area contributed by atoms with E-state index >= 15 is 0 Å². The Hall–Kier alpha value is -3.47. The molecule has 0 atom stereocenters. The van der Waals surface area contributed by atoms with E-state index in [1.54, 1.807) is 0 Å². The molecule has 3 rings (SSSR count). The molecule has 0 aliphatic carbocycles. The first-order chi connectivity index (χ1) is 13.7. The fraction of sp³-hybridized carbons (Fsp3) is 0.174. The number of amides is 2. The minimum absolute atomic E-state index is 0.104. The standard InChI is InChI=1S/C23H25N3O2/c1-2-6-18-9-15-22(16-10-18)28-17-24-23(27)26-21-13-11-20(12-14-21)25-19-7-4-3-5-8-19/h3-5,7-16,25H,2,6,17H2,1H3,(H2,24,26,27). The van der Waals surface area contributed by atoms with Crippen LogP contribution in [0.3, 0.4) is 0 Å². The van der Waals surface area contributed by atoms with Gasteiger partial charge in [-0.05, 0) is 60.5 Å². The number of aryl methyl sites for hydroxylation is 1. The van der Waals surface area contributed by atoms with Crippen LogP contribution in [0.2, 0.25) is 0 Å². The average molecular weight is 375 g/mol. The highest BCUT2D eigenvalue weighted by Gasteiger charge is 2.02. The van der Waals surface area contributed by atoms with Crippen LogP contribution in [0, 0.1) is 0 Å². The molecule has 144 valence electrons. The summed E-state index contributed by atoms with van der Waals surface area (Å²) in [5.41, 5.74) is 3.96. The summed E-state index contributed by atoms with van der Waals surface area (Å²) in [5, 5.41) is 8.77. The fourth-order valence-electron chi connectivity index (χ4n) is 2.73. The summed E-state index contributed by atoms with van der Waals surface area (Å²) in [6, 6.07) is 25.1. The third-order valence-corrected chi connectivity index (χ3v) is 4.14. The molecule has 3 aromatic carbocycles. The van der Waals surface area contributed by atoms with Crippen LogP contribution in [0.15, 0.2) is 78.9 Å². The van der Waals surface area contributed by atoms with Crippen molar-refractivity contribution in [3.63, 3.8) is 0 Å². The number of para-hydroxylation sites is 1. The van der Waals surface area contributed by atoms with Crippen molar-refractivity contribution in [2.75, 3.05) is 17.4 Å². The van der Waals surface area contributed by atoms with Gasteiger partial charge < -0.3 is 20.7 Å². The molecular formula is C23H25N3O2. The zero-order chi connectivity index (χ0) is 19.6. The number of benzene rings is 3. The van der Waals surface area contributed by atoms with Gasteiger partial charge in [-0.2, -0.15) is 0 Å². The molecule has 3 aromatic rings. The van der Waals surface area contributed by atoms with Gasteiger partial charge in [-0.15, -0.1) is 0 Å². The summed E-state index contributed by atoms with van der Waals surface area (Å²) in [6.07, 6.45) is 2.17. The summed E-state index contributed by atoms with van der Waals surface area (Å²) < 4.78 is 5.55. The van der Waals surface area contributed by atoms with Crippen molar-refractivity contribution >= 4 is 23.1 Å². The molecule has 5 heteroatoms. The summed E-state index contributed by atoms with van der Waals surface area (Å²) in [4.78, 5) is 12.0. The maximum atomic E-state index is 12.0. The zero-order valence-electron chi connectivity index (χ0n) is 15.9. The minimum Gasteiger partial charge on any atom is -0.473 e. The minimum atomic E-state index is -0.314. The first kappa shape index (κ1) is 19.3. The van der Waals surface area contributed by atoms with Crippen LogP contribution in [-0.4, -0.2) is 12.8 Å². The molecule has 0 saturated carbocycles. The Kier molecular flexibility index (Phi) is 6.90. The summed E-state index contributed by atoms with van der Waals surface area (Å²) in [5.74, 6) is 0.733. The van der Waals surface area contributed by atoms with E-state index in [1.165, 1.54) is 5.56 Å². The third kappa shape index (κ3) is 6.06. The molecule has 3 N–H and O–H groups in total. The topological polar surface area (TPSA) is 62.4 Å². The second-order valence-electron chi connectivity index (χ2n) is 6.38. The van der Waals surface area contributed by atoms with Gasteiger partial charge in [0, 0.05) is 17.1 Å². The highest BCUT2D eigenvalue weighted by molar-refractivity contribution is 5.89. The van der Waals surface area contributed by atoms with Gasteiger partial charge in [0.15, 0.2) is 6.73 Å². The molecule has 0 unspecified atom stereocenters. The number of nitrogens with one attached hydrogen (secondary N) is 3. The Morgan fingerprint density at radius 3 is 2.14 bits per heavy atom. The monoisotopic (exact) mass is 375 g/mol. The van der Waals surface area contributed by atoms with Crippen LogP contribution < -0.4 is 20.7 Å². The molecule has 0 spiro atoms. The van der Waals surface area contributed by atoms with Gasteiger partial charge in [-0.25, -0.2) is 4.79 Å². The van der Waals surface area contributed by atoms with E-state index in [1.807, 2.05) is 78.9 Å². The van der Waals surface area contributed by atoms with E-state index in [0.29, 0.717) is 5.69 Å². The number of carbonyl (C=O) groups excluding carboxylic acids is 1. The smallest absolute Gasteiger partial charge is 0.321 e. The lowest BCUT2D eigenvalue weighted by atomic mass is 10.1. The lowest BCUT2D eigenvalue weighted by molar-refractivity contribution is 0.234. The molecule has 0 aliphatic heterocycles. The summed E-state index contributed by atoms with van der Waals surface area (Å²) >= 11 is 0. The van der Waals surface area contributed by atoms with Gasteiger partial charge in [-0.1, -0.05) is 43.7 Å². The average Bonchev–Trinajstić information content (AvgIpc) is 2.72. The van der Waals surface area contributed by atoms with Gasteiger partial charge in [0.2, 0.25) is 0 Å². The molecule has 0 radical (unpaired) electrons. The quantitative estimate of drug-likeness (QED) is 0.453. The summed E-state index contributed by atoms with van der Waals surface area (Å²) in [6.45, 7) is 2.26. The SMILES string of the molecule is CCCc1ccc(OCNC(=O)Nc2ccc(Nc3ccccc3)cc2)cc1. The zero-order valence-corrected chi connectivity index (χ0v) is 15.9. The van der Waals surface area contributed by atoms with Crippen LogP contribution in [0.25, 0.3) is 0 Å². The maximum absolute atomic E-state index is 12.0. The van der Waals surface area contributed by atoms with Gasteiger partial charge in [-0.3, -0.25) is 0 Å². The van der Waals surface area contributed by atoms with Crippen molar-refractivity contribution in [2.24, 2.45) is 0 Å². The molecule has 0 bridgehead atoms. The number of rotatable bonds is 8. The highest BCUT2D eigenvalue weighted by Crippen LogP contribution is 2.18. The molecule has 28 heavy (non-hydrogen) atoms. The predicted molar refractivity (Wildman–Crippen MR) is 114 cm³/mol. The van der Waals surface area contributed by atoms with E-state index in [2.05, 4.69) is 22.9 Å². The normalized spacial score (nSPS) is 10.2. The molecule has 0 aliphatic rings. The molecule has 0 fully saturated rings. The number of hydrogen-bond donors (Lipinski definition) is 3. The molecular weight excluding hydrogens is 350 g/mol.